The zero-order valence-electron chi connectivity index (χ0n) is 10.6. The van der Waals surface area contributed by atoms with Gasteiger partial charge < -0.3 is 10.5 Å². The molecule has 100 valence electrons. The van der Waals surface area contributed by atoms with E-state index in [2.05, 4.69) is 4.90 Å². The van der Waals surface area contributed by atoms with Gasteiger partial charge in [-0.1, -0.05) is 11.6 Å². The molecule has 0 aromatic heterocycles. The Morgan fingerprint density at radius 1 is 1.33 bits per heavy atom. The highest BCUT2D eigenvalue weighted by Gasteiger charge is 2.21. The standard InChI is InChI=1S/C14H21ClN2O/c15-12-4-6-14(7-5-12)18-10-2-9-17-8-1-3-13(17)11-16/h4-7,13H,1-3,8-11,16H2. The molecule has 0 radical (unpaired) electrons. The van der Waals surface area contributed by atoms with Gasteiger partial charge in [0.2, 0.25) is 0 Å². The summed E-state index contributed by atoms with van der Waals surface area (Å²) >= 11 is 5.82. The van der Waals surface area contributed by atoms with Gasteiger partial charge in [-0.3, -0.25) is 4.90 Å². The summed E-state index contributed by atoms with van der Waals surface area (Å²) in [6.45, 7) is 3.78. The lowest BCUT2D eigenvalue weighted by Gasteiger charge is -2.22. The van der Waals surface area contributed by atoms with Crippen molar-refractivity contribution in [3.63, 3.8) is 0 Å². The number of hydrogen-bond donors (Lipinski definition) is 1. The fourth-order valence-corrected chi connectivity index (χ4v) is 2.57. The number of halogens is 1. The Bertz CT molecular complexity index is 355. The summed E-state index contributed by atoms with van der Waals surface area (Å²) in [4.78, 5) is 2.48. The summed E-state index contributed by atoms with van der Waals surface area (Å²) in [5.41, 5.74) is 5.75. The van der Waals surface area contributed by atoms with E-state index in [-0.39, 0.29) is 0 Å². The summed E-state index contributed by atoms with van der Waals surface area (Å²) < 4.78 is 5.67. The van der Waals surface area contributed by atoms with E-state index >= 15 is 0 Å². The molecule has 1 unspecified atom stereocenters. The maximum Gasteiger partial charge on any atom is 0.119 e. The first-order valence-corrected chi connectivity index (χ1v) is 7.00. The third kappa shape index (κ3) is 3.87. The minimum atomic E-state index is 0.584. The van der Waals surface area contributed by atoms with Gasteiger partial charge in [-0.2, -0.15) is 0 Å². The van der Waals surface area contributed by atoms with Crippen LogP contribution in [-0.2, 0) is 0 Å². The predicted octanol–water partition coefficient (Wildman–Crippen LogP) is 2.53. The first kappa shape index (κ1) is 13.7. The molecule has 1 aromatic rings. The summed E-state index contributed by atoms with van der Waals surface area (Å²) in [5.74, 6) is 0.885. The zero-order valence-corrected chi connectivity index (χ0v) is 11.4. The molecule has 2 N–H and O–H groups in total. The average molecular weight is 269 g/mol. The Hall–Kier alpha value is -0.770. The maximum atomic E-state index is 5.82. The second-order valence-electron chi connectivity index (χ2n) is 4.72. The van der Waals surface area contributed by atoms with E-state index in [1.54, 1.807) is 0 Å². The molecule has 0 spiro atoms. The van der Waals surface area contributed by atoms with Crippen LogP contribution in [0, 0.1) is 0 Å². The molecule has 1 saturated heterocycles. The van der Waals surface area contributed by atoms with Crippen molar-refractivity contribution in [3.05, 3.63) is 29.3 Å². The van der Waals surface area contributed by atoms with Gasteiger partial charge in [0.15, 0.2) is 0 Å². The number of benzene rings is 1. The van der Waals surface area contributed by atoms with E-state index in [4.69, 9.17) is 22.1 Å². The predicted molar refractivity (Wildman–Crippen MR) is 75.2 cm³/mol. The number of nitrogens with two attached hydrogens (primary N) is 1. The second-order valence-corrected chi connectivity index (χ2v) is 5.16. The van der Waals surface area contributed by atoms with Crippen molar-refractivity contribution in [1.29, 1.82) is 0 Å². The molecule has 1 heterocycles. The van der Waals surface area contributed by atoms with Crippen LogP contribution in [0.2, 0.25) is 5.02 Å². The first-order chi connectivity index (χ1) is 8.79. The van der Waals surface area contributed by atoms with Crippen LogP contribution in [0.3, 0.4) is 0 Å². The van der Waals surface area contributed by atoms with Gasteiger partial charge >= 0.3 is 0 Å². The second kappa shape index (κ2) is 6.98. The fraction of sp³-hybridized carbons (Fsp3) is 0.571. The first-order valence-electron chi connectivity index (χ1n) is 6.62. The lowest BCUT2D eigenvalue weighted by molar-refractivity contribution is 0.224. The number of likely N-dealkylation sites (tertiary alicyclic amines) is 1. The Kier molecular flexibility index (Phi) is 5.29. The van der Waals surface area contributed by atoms with Gasteiger partial charge in [-0.05, 0) is 50.1 Å². The van der Waals surface area contributed by atoms with E-state index in [1.165, 1.54) is 19.4 Å². The normalized spacial score (nSPS) is 20.2. The number of nitrogens with zero attached hydrogens (tertiary/aromatic N) is 1. The fourth-order valence-electron chi connectivity index (χ4n) is 2.44. The van der Waals surface area contributed by atoms with Crippen molar-refractivity contribution >= 4 is 11.6 Å². The molecule has 3 nitrogen and oxygen atoms in total. The molecule has 1 fully saturated rings. The molecule has 1 aliphatic rings. The third-order valence-corrected chi connectivity index (χ3v) is 3.70. The molecule has 1 atom stereocenters. The van der Waals surface area contributed by atoms with E-state index in [0.717, 1.165) is 36.9 Å². The molecule has 0 bridgehead atoms. The van der Waals surface area contributed by atoms with Crippen molar-refractivity contribution < 1.29 is 4.74 Å². The van der Waals surface area contributed by atoms with Gasteiger partial charge in [-0.15, -0.1) is 0 Å². The van der Waals surface area contributed by atoms with E-state index in [1.807, 2.05) is 24.3 Å². The molecule has 0 saturated carbocycles. The van der Waals surface area contributed by atoms with Crippen LogP contribution in [0.1, 0.15) is 19.3 Å². The highest BCUT2D eigenvalue weighted by Crippen LogP contribution is 2.17. The van der Waals surface area contributed by atoms with Crippen molar-refractivity contribution in [3.8, 4) is 5.75 Å². The molecule has 1 aliphatic heterocycles. The van der Waals surface area contributed by atoms with Crippen molar-refractivity contribution in [2.45, 2.75) is 25.3 Å². The number of ether oxygens (including phenoxy) is 1. The largest absolute Gasteiger partial charge is 0.494 e. The number of rotatable bonds is 6. The van der Waals surface area contributed by atoms with Crippen LogP contribution in [0.25, 0.3) is 0 Å². The molecule has 2 rings (SSSR count). The molecule has 1 aromatic carbocycles. The van der Waals surface area contributed by atoms with Crippen molar-refractivity contribution in [2.24, 2.45) is 5.73 Å². The van der Waals surface area contributed by atoms with Gasteiger partial charge in [0.1, 0.15) is 5.75 Å². The van der Waals surface area contributed by atoms with E-state index in [0.29, 0.717) is 6.04 Å². The van der Waals surface area contributed by atoms with Crippen LogP contribution in [0.4, 0.5) is 0 Å². The Morgan fingerprint density at radius 2 is 2.11 bits per heavy atom. The number of hydrogen-bond acceptors (Lipinski definition) is 3. The third-order valence-electron chi connectivity index (χ3n) is 3.44. The topological polar surface area (TPSA) is 38.5 Å². The van der Waals surface area contributed by atoms with Gasteiger partial charge in [0.25, 0.3) is 0 Å². The molecule has 18 heavy (non-hydrogen) atoms. The lowest BCUT2D eigenvalue weighted by atomic mass is 10.2. The van der Waals surface area contributed by atoms with E-state index < -0.39 is 0 Å². The Morgan fingerprint density at radius 3 is 2.83 bits per heavy atom. The van der Waals surface area contributed by atoms with Crippen LogP contribution >= 0.6 is 11.6 Å². The molecule has 4 heteroatoms. The zero-order chi connectivity index (χ0) is 12.8. The summed E-state index contributed by atoms with van der Waals surface area (Å²) in [6.07, 6.45) is 3.56. The molecular formula is C14H21ClN2O. The lowest BCUT2D eigenvalue weighted by Crippen LogP contribution is -2.36. The van der Waals surface area contributed by atoms with Crippen LogP contribution in [-0.4, -0.2) is 37.2 Å². The van der Waals surface area contributed by atoms with Crippen LogP contribution in [0.15, 0.2) is 24.3 Å². The average Bonchev–Trinajstić information content (AvgIpc) is 2.84. The highest BCUT2D eigenvalue weighted by molar-refractivity contribution is 6.30. The summed E-state index contributed by atoms with van der Waals surface area (Å²) in [6, 6.07) is 8.09. The minimum Gasteiger partial charge on any atom is -0.494 e. The van der Waals surface area contributed by atoms with Gasteiger partial charge in [0, 0.05) is 24.2 Å². The monoisotopic (exact) mass is 268 g/mol. The van der Waals surface area contributed by atoms with Crippen molar-refractivity contribution in [2.75, 3.05) is 26.2 Å². The van der Waals surface area contributed by atoms with Crippen LogP contribution in [0.5, 0.6) is 5.75 Å². The molecular weight excluding hydrogens is 248 g/mol. The summed E-state index contributed by atoms with van der Waals surface area (Å²) in [7, 11) is 0. The Balaban J connectivity index is 1.65. The molecule has 0 amide bonds. The van der Waals surface area contributed by atoms with E-state index in [9.17, 15) is 0 Å². The smallest absolute Gasteiger partial charge is 0.119 e. The highest BCUT2D eigenvalue weighted by atomic mass is 35.5. The van der Waals surface area contributed by atoms with Gasteiger partial charge in [0.05, 0.1) is 6.61 Å². The summed E-state index contributed by atoms with van der Waals surface area (Å²) in [5, 5.41) is 0.741. The molecule has 0 aliphatic carbocycles. The SMILES string of the molecule is NCC1CCCN1CCCOc1ccc(Cl)cc1. The maximum absolute atomic E-state index is 5.82. The minimum absolute atomic E-state index is 0.584. The van der Waals surface area contributed by atoms with Crippen molar-refractivity contribution in [1.82, 2.24) is 4.90 Å². The Labute approximate surface area is 114 Å². The van der Waals surface area contributed by atoms with Gasteiger partial charge in [-0.25, -0.2) is 0 Å². The quantitative estimate of drug-likeness (QED) is 0.806. The van der Waals surface area contributed by atoms with Crippen LogP contribution < -0.4 is 10.5 Å².